The maximum Gasteiger partial charge on any atom is 0.269 e. The van der Waals surface area contributed by atoms with Gasteiger partial charge in [-0.05, 0) is 24.8 Å². The molecule has 1 rings (SSSR count). The normalized spacial score (nSPS) is 19.1. The van der Waals surface area contributed by atoms with Crippen molar-refractivity contribution in [1.82, 2.24) is 0 Å². The average Bonchev–Trinajstić information content (AvgIpc) is 2.50. The topological polar surface area (TPSA) is 89.8 Å². The van der Waals surface area contributed by atoms with E-state index in [1.807, 2.05) is 18.2 Å². The van der Waals surface area contributed by atoms with E-state index in [4.69, 9.17) is 4.55 Å². The molecule has 1 N–H and O–H groups in total. The number of allylic oxidation sites excluding steroid dienone is 3. The van der Waals surface area contributed by atoms with E-state index in [1.165, 1.54) is 0 Å². The third-order valence-electron chi connectivity index (χ3n) is 1.98. The van der Waals surface area contributed by atoms with Crippen molar-refractivity contribution in [3.8, 4) is 0 Å². The van der Waals surface area contributed by atoms with Crippen LogP contribution in [-0.4, -0.2) is 30.7 Å². The van der Waals surface area contributed by atoms with Crippen molar-refractivity contribution in [2.75, 3.05) is 5.75 Å². The summed E-state index contributed by atoms with van der Waals surface area (Å²) in [5.74, 6) is -1.77. The van der Waals surface area contributed by atoms with E-state index in [-0.39, 0.29) is 6.04 Å². The fourth-order valence-corrected chi connectivity index (χ4v) is 1.65. The van der Waals surface area contributed by atoms with Crippen LogP contribution in [0.3, 0.4) is 0 Å². The second-order valence-corrected chi connectivity index (χ2v) is 4.75. The molecule has 5 nitrogen and oxygen atoms in total. The molecular formula is C9H12NO4S-. The Morgan fingerprint density at radius 1 is 1.73 bits per heavy atom. The lowest BCUT2D eigenvalue weighted by Crippen LogP contribution is -2.28. The molecule has 0 radical (unpaired) electrons. The minimum atomic E-state index is -4.27. The summed E-state index contributed by atoms with van der Waals surface area (Å²) in [4.78, 5) is 3.66. The Labute approximate surface area is 88.6 Å². The van der Waals surface area contributed by atoms with Crippen LogP contribution in [0.4, 0.5) is 0 Å². The molecule has 1 unspecified atom stereocenters. The highest BCUT2D eigenvalue weighted by atomic mass is 32.2. The summed E-state index contributed by atoms with van der Waals surface area (Å²) in [6, 6.07) is -0.339. The zero-order chi connectivity index (χ0) is 11.5. The van der Waals surface area contributed by atoms with Crippen LogP contribution in [0.1, 0.15) is 13.3 Å². The largest absolute Gasteiger partial charge is 0.861 e. The lowest BCUT2D eigenvalue weighted by molar-refractivity contribution is -0.215. The van der Waals surface area contributed by atoms with Gasteiger partial charge in [0, 0.05) is 0 Å². The van der Waals surface area contributed by atoms with E-state index in [0.717, 1.165) is 12.0 Å². The molecule has 0 spiro atoms. The summed E-state index contributed by atoms with van der Waals surface area (Å²) in [7, 11) is -4.27. The number of hydrogen-bond acceptors (Lipinski definition) is 4. The van der Waals surface area contributed by atoms with Crippen molar-refractivity contribution >= 4 is 16.0 Å². The number of hydrogen-bond donors (Lipinski definition) is 1. The third kappa shape index (κ3) is 4.26. The number of nitrogens with zero attached hydrogens (tertiary/aromatic N) is 1. The predicted molar refractivity (Wildman–Crippen MR) is 55.2 cm³/mol. The second kappa shape index (κ2) is 4.59. The Morgan fingerprint density at radius 3 is 2.87 bits per heavy atom. The van der Waals surface area contributed by atoms with E-state index in [9.17, 15) is 13.5 Å². The van der Waals surface area contributed by atoms with Crippen molar-refractivity contribution in [2.24, 2.45) is 4.99 Å². The van der Waals surface area contributed by atoms with Crippen LogP contribution in [0, 0.1) is 0 Å². The Morgan fingerprint density at radius 2 is 2.40 bits per heavy atom. The first-order valence-electron chi connectivity index (χ1n) is 4.43. The standard InChI is InChI=1S/C9H13NO4S/c1-7(8-4-2-3-5-8)10-9(11)6-15(12,13)14/h2-4,7H,5-6H2,1H3,(H,10,11)(H,12,13,14)/p-1. The Kier molecular flexibility index (Phi) is 3.65. The summed E-state index contributed by atoms with van der Waals surface area (Å²) in [6.07, 6.45) is 6.35. The number of aliphatic imine (C=N–C) groups is 1. The highest BCUT2D eigenvalue weighted by molar-refractivity contribution is 7.86. The van der Waals surface area contributed by atoms with E-state index in [2.05, 4.69) is 4.99 Å². The van der Waals surface area contributed by atoms with E-state index < -0.39 is 21.8 Å². The molecule has 0 aromatic heterocycles. The molecule has 1 aliphatic carbocycles. The summed E-state index contributed by atoms with van der Waals surface area (Å²) < 4.78 is 29.2. The molecule has 0 bridgehead atoms. The van der Waals surface area contributed by atoms with Gasteiger partial charge in [0.05, 0.1) is 6.04 Å². The maximum absolute atomic E-state index is 11.1. The Bertz CT molecular complexity index is 419. The minimum Gasteiger partial charge on any atom is -0.861 e. The SMILES string of the molecule is CC(N=C([O-])CS(=O)(=O)O)C1=CC=CC1. The van der Waals surface area contributed by atoms with Gasteiger partial charge < -0.3 is 5.11 Å². The average molecular weight is 230 g/mol. The lowest BCUT2D eigenvalue weighted by Gasteiger charge is -2.14. The van der Waals surface area contributed by atoms with E-state index in [0.29, 0.717) is 0 Å². The molecule has 0 amide bonds. The molecule has 0 aromatic rings. The molecule has 84 valence electrons. The molecule has 1 aliphatic rings. The van der Waals surface area contributed by atoms with Gasteiger partial charge in [-0.1, -0.05) is 18.2 Å². The van der Waals surface area contributed by atoms with Crippen molar-refractivity contribution in [3.63, 3.8) is 0 Å². The van der Waals surface area contributed by atoms with Gasteiger partial charge in [0.15, 0.2) is 0 Å². The zero-order valence-electron chi connectivity index (χ0n) is 8.25. The first-order chi connectivity index (χ1) is 6.88. The van der Waals surface area contributed by atoms with Crippen LogP contribution in [0.5, 0.6) is 0 Å². The van der Waals surface area contributed by atoms with E-state index in [1.54, 1.807) is 6.92 Å². The highest BCUT2D eigenvalue weighted by Crippen LogP contribution is 2.16. The molecule has 0 fully saturated rings. The van der Waals surface area contributed by atoms with Crippen molar-refractivity contribution in [3.05, 3.63) is 23.8 Å². The first-order valence-corrected chi connectivity index (χ1v) is 6.04. The van der Waals surface area contributed by atoms with Crippen LogP contribution in [0.15, 0.2) is 28.8 Å². The van der Waals surface area contributed by atoms with Gasteiger partial charge in [-0.2, -0.15) is 8.42 Å². The zero-order valence-corrected chi connectivity index (χ0v) is 9.07. The molecule has 0 heterocycles. The summed E-state index contributed by atoms with van der Waals surface area (Å²) >= 11 is 0. The van der Waals surface area contributed by atoms with Crippen LogP contribution >= 0.6 is 0 Å². The predicted octanol–water partition coefficient (Wildman–Crippen LogP) is -0.0922. The molecule has 6 heteroatoms. The molecular weight excluding hydrogens is 218 g/mol. The van der Waals surface area contributed by atoms with Crippen LogP contribution in [-0.2, 0) is 10.1 Å². The summed E-state index contributed by atoms with van der Waals surface area (Å²) in [5.41, 5.74) is 0.957. The Balaban J connectivity index is 2.63. The van der Waals surface area contributed by atoms with Gasteiger partial charge in [0.2, 0.25) is 0 Å². The van der Waals surface area contributed by atoms with Gasteiger partial charge in [-0.25, -0.2) is 0 Å². The van der Waals surface area contributed by atoms with Crippen LogP contribution in [0.2, 0.25) is 0 Å². The monoisotopic (exact) mass is 230 g/mol. The number of rotatable bonds is 4. The quantitative estimate of drug-likeness (QED) is 0.415. The van der Waals surface area contributed by atoms with Gasteiger partial charge in [-0.15, -0.1) is 0 Å². The maximum atomic E-state index is 11.1. The van der Waals surface area contributed by atoms with Crippen molar-refractivity contribution in [1.29, 1.82) is 0 Å². The van der Waals surface area contributed by atoms with Crippen molar-refractivity contribution in [2.45, 2.75) is 19.4 Å². The van der Waals surface area contributed by atoms with Gasteiger partial charge in [-0.3, -0.25) is 9.55 Å². The summed E-state index contributed by atoms with van der Waals surface area (Å²) in [6.45, 7) is 1.71. The van der Waals surface area contributed by atoms with Gasteiger partial charge in [0.1, 0.15) is 5.75 Å². The molecule has 0 aliphatic heterocycles. The third-order valence-corrected chi connectivity index (χ3v) is 2.59. The lowest BCUT2D eigenvalue weighted by atomic mass is 10.1. The van der Waals surface area contributed by atoms with Crippen LogP contribution in [0.25, 0.3) is 0 Å². The molecule has 0 saturated heterocycles. The molecule has 1 atom stereocenters. The van der Waals surface area contributed by atoms with Gasteiger partial charge >= 0.3 is 0 Å². The molecule has 15 heavy (non-hydrogen) atoms. The first kappa shape index (κ1) is 11.9. The second-order valence-electron chi connectivity index (χ2n) is 3.30. The fraction of sp³-hybridized carbons (Fsp3) is 0.444. The fourth-order valence-electron chi connectivity index (χ4n) is 1.27. The molecule has 0 aromatic carbocycles. The van der Waals surface area contributed by atoms with Gasteiger partial charge in [0.25, 0.3) is 10.1 Å². The smallest absolute Gasteiger partial charge is 0.269 e. The van der Waals surface area contributed by atoms with Crippen molar-refractivity contribution < 1.29 is 18.1 Å². The van der Waals surface area contributed by atoms with Crippen LogP contribution < -0.4 is 5.11 Å². The van der Waals surface area contributed by atoms with E-state index >= 15 is 0 Å². The Hall–Kier alpha value is -1.14. The molecule has 0 saturated carbocycles. The minimum absolute atomic E-state index is 0.339. The highest BCUT2D eigenvalue weighted by Gasteiger charge is 2.09. The summed E-state index contributed by atoms with van der Waals surface area (Å²) in [5, 5.41) is 11.1.